The number of nitrogens with zero attached hydrogens (tertiary/aromatic N) is 2. The lowest BCUT2D eigenvalue weighted by atomic mass is 10.2. The minimum Gasteiger partial charge on any atom is -0.476 e. The molecule has 18 heavy (non-hydrogen) atoms. The Kier molecular flexibility index (Phi) is 3.63. The summed E-state index contributed by atoms with van der Waals surface area (Å²) >= 11 is 2.94. The average molecular weight is 283 g/mol. The molecule has 0 amide bonds. The average Bonchev–Trinajstić information content (AvgIpc) is 2.85. The van der Waals surface area contributed by atoms with Crippen LogP contribution in [0.1, 0.15) is 39.0 Å². The zero-order valence-corrected chi connectivity index (χ0v) is 11.9. The van der Waals surface area contributed by atoms with E-state index in [0.717, 1.165) is 15.6 Å². The molecule has 1 atom stereocenters. The van der Waals surface area contributed by atoms with Crippen molar-refractivity contribution in [3.63, 3.8) is 0 Å². The monoisotopic (exact) mass is 283 g/mol. The third-order valence-corrected chi connectivity index (χ3v) is 4.43. The molecule has 0 saturated carbocycles. The molecule has 0 aromatic carbocycles. The Hall–Kier alpha value is -1.47. The van der Waals surface area contributed by atoms with Crippen LogP contribution in [0.4, 0.5) is 5.13 Å². The van der Waals surface area contributed by atoms with Crippen molar-refractivity contribution in [3.8, 4) is 0 Å². The Morgan fingerprint density at radius 3 is 2.67 bits per heavy atom. The van der Waals surface area contributed by atoms with Gasteiger partial charge in [0, 0.05) is 10.3 Å². The molecule has 2 N–H and O–H groups in total. The SMILES string of the molecule is Cc1nc(C)c(C(C)Nc2nc(C(=O)O)cs2)s1. The molecule has 0 saturated heterocycles. The van der Waals surface area contributed by atoms with Crippen molar-refractivity contribution < 1.29 is 9.90 Å². The van der Waals surface area contributed by atoms with E-state index in [-0.39, 0.29) is 11.7 Å². The van der Waals surface area contributed by atoms with Gasteiger partial charge in [0.25, 0.3) is 0 Å². The number of aromatic nitrogens is 2. The number of rotatable bonds is 4. The number of hydrogen-bond acceptors (Lipinski definition) is 6. The van der Waals surface area contributed by atoms with Crippen LogP contribution < -0.4 is 5.32 Å². The van der Waals surface area contributed by atoms with E-state index in [2.05, 4.69) is 15.3 Å². The Balaban J connectivity index is 2.13. The first kappa shape index (κ1) is 13.0. The van der Waals surface area contributed by atoms with E-state index >= 15 is 0 Å². The highest BCUT2D eigenvalue weighted by Crippen LogP contribution is 2.28. The Morgan fingerprint density at radius 1 is 1.44 bits per heavy atom. The number of anilines is 1. The minimum absolute atomic E-state index is 0.0731. The fraction of sp³-hybridized carbons (Fsp3) is 0.364. The molecule has 2 rings (SSSR count). The second-order valence-corrected chi connectivity index (χ2v) is 5.98. The summed E-state index contributed by atoms with van der Waals surface area (Å²) in [4.78, 5) is 20.3. The summed E-state index contributed by atoms with van der Waals surface area (Å²) in [6.07, 6.45) is 0. The largest absolute Gasteiger partial charge is 0.476 e. The number of aromatic carboxylic acids is 1. The highest BCUT2D eigenvalue weighted by molar-refractivity contribution is 7.14. The predicted molar refractivity (Wildman–Crippen MR) is 72.7 cm³/mol. The van der Waals surface area contributed by atoms with E-state index in [0.29, 0.717) is 5.13 Å². The van der Waals surface area contributed by atoms with Gasteiger partial charge in [-0.2, -0.15) is 0 Å². The van der Waals surface area contributed by atoms with Gasteiger partial charge in [-0.05, 0) is 20.8 Å². The fourth-order valence-electron chi connectivity index (χ4n) is 1.64. The molecule has 0 aliphatic rings. The van der Waals surface area contributed by atoms with Gasteiger partial charge < -0.3 is 10.4 Å². The van der Waals surface area contributed by atoms with E-state index in [9.17, 15) is 4.79 Å². The minimum atomic E-state index is -1.00. The number of aryl methyl sites for hydroxylation is 2. The Labute approximate surface area is 113 Å². The van der Waals surface area contributed by atoms with E-state index in [1.807, 2.05) is 20.8 Å². The topological polar surface area (TPSA) is 75.1 Å². The van der Waals surface area contributed by atoms with Gasteiger partial charge in [0.1, 0.15) is 0 Å². The van der Waals surface area contributed by atoms with E-state index in [1.165, 1.54) is 16.7 Å². The number of hydrogen-bond donors (Lipinski definition) is 2. The number of nitrogens with one attached hydrogen (secondary N) is 1. The van der Waals surface area contributed by atoms with Crippen molar-refractivity contribution in [1.82, 2.24) is 9.97 Å². The van der Waals surface area contributed by atoms with Gasteiger partial charge in [0.2, 0.25) is 0 Å². The lowest BCUT2D eigenvalue weighted by molar-refractivity contribution is 0.0691. The van der Waals surface area contributed by atoms with Gasteiger partial charge in [-0.1, -0.05) is 0 Å². The van der Waals surface area contributed by atoms with Crippen LogP contribution in [0.2, 0.25) is 0 Å². The molecular weight excluding hydrogens is 270 g/mol. The smallest absolute Gasteiger partial charge is 0.355 e. The predicted octanol–water partition coefficient (Wildman–Crippen LogP) is 3.09. The highest BCUT2D eigenvalue weighted by atomic mass is 32.1. The van der Waals surface area contributed by atoms with Crippen LogP contribution in [0.3, 0.4) is 0 Å². The molecule has 5 nitrogen and oxygen atoms in total. The Bertz CT molecular complexity index is 577. The molecule has 0 fully saturated rings. The molecule has 2 aromatic rings. The van der Waals surface area contributed by atoms with E-state index < -0.39 is 5.97 Å². The lowest BCUT2D eigenvalue weighted by Gasteiger charge is -2.11. The maximum Gasteiger partial charge on any atom is 0.355 e. The molecule has 1 unspecified atom stereocenters. The van der Waals surface area contributed by atoms with Crippen molar-refractivity contribution in [2.45, 2.75) is 26.8 Å². The molecule has 2 heterocycles. The van der Waals surface area contributed by atoms with Crippen LogP contribution in [-0.4, -0.2) is 21.0 Å². The summed E-state index contributed by atoms with van der Waals surface area (Å²) in [5.74, 6) is -1.00. The molecule has 0 bridgehead atoms. The zero-order valence-electron chi connectivity index (χ0n) is 10.2. The third-order valence-electron chi connectivity index (χ3n) is 2.40. The van der Waals surface area contributed by atoms with Crippen molar-refractivity contribution in [2.75, 3.05) is 5.32 Å². The number of thiazole rings is 2. The van der Waals surface area contributed by atoms with E-state index in [1.54, 1.807) is 11.3 Å². The van der Waals surface area contributed by atoms with Crippen LogP contribution in [0.25, 0.3) is 0 Å². The molecule has 0 aliphatic carbocycles. The maximum atomic E-state index is 10.7. The first-order valence-corrected chi connectivity index (χ1v) is 7.06. The second kappa shape index (κ2) is 5.03. The molecule has 96 valence electrons. The van der Waals surface area contributed by atoms with Gasteiger partial charge in [0.15, 0.2) is 10.8 Å². The highest BCUT2D eigenvalue weighted by Gasteiger charge is 2.15. The lowest BCUT2D eigenvalue weighted by Crippen LogP contribution is -2.06. The van der Waals surface area contributed by atoms with Crippen LogP contribution in [-0.2, 0) is 0 Å². The normalized spacial score (nSPS) is 12.4. The maximum absolute atomic E-state index is 10.7. The molecule has 7 heteroatoms. The number of carbonyl (C=O) groups is 1. The van der Waals surface area contributed by atoms with Gasteiger partial charge in [-0.25, -0.2) is 14.8 Å². The van der Waals surface area contributed by atoms with Crippen molar-refractivity contribution in [2.24, 2.45) is 0 Å². The third kappa shape index (κ3) is 2.68. The summed E-state index contributed by atoms with van der Waals surface area (Å²) in [7, 11) is 0. The first-order valence-electron chi connectivity index (χ1n) is 5.36. The molecule has 0 radical (unpaired) electrons. The van der Waals surface area contributed by atoms with E-state index in [4.69, 9.17) is 5.11 Å². The summed E-state index contributed by atoms with van der Waals surface area (Å²) in [5, 5.41) is 15.2. The first-order chi connectivity index (χ1) is 8.47. The van der Waals surface area contributed by atoms with Gasteiger partial charge >= 0.3 is 5.97 Å². The number of carboxylic acids is 1. The van der Waals surface area contributed by atoms with Gasteiger partial charge in [0.05, 0.1) is 16.7 Å². The summed E-state index contributed by atoms with van der Waals surface area (Å²) in [6, 6.07) is 0.0731. The number of carboxylic acid groups (broad SMARTS) is 1. The summed E-state index contributed by atoms with van der Waals surface area (Å²) in [5.41, 5.74) is 1.08. The summed E-state index contributed by atoms with van der Waals surface area (Å²) in [6.45, 7) is 5.96. The van der Waals surface area contributed by atoms with Crippen LogP contribution in [0, 0.1) is 13.8 Å². The van der Waals surface area contributed by atoms with Crippen molar-refractivity contribution >= 4 is 33.8 Å². The fourth-order valence-corrected chi connectivity index (χ4v) is 3.34. The van der Waals surface area contributed by atoms with Gasteiger partial charge in [-0.3, -0.25) is 0 Å². The van der Waals surface area contributed by atoms with Crippen LogP contribution in [0.15, 0.2) is 5.38 Å². The summed E-state index contributed by atoms with van der Waals surface area (Å²) < 4.78 is 0. The van der Waals surface area contributed by atoms with Gasteiger partial charge in [-0.15, -0.1) is 22.7 Å². The van der Waals surface area contributed by atoms with Crippen LogP contribution in [0.5, 0.6) is 0 Å². The quantitative estimate of drug-likeness (QED) is 0.902. The molecule has 0 aliphatic heterocycles. The second-order valence-electron chi connectivity index (χ2n) is 3.89. The van der Waals surface area contributed by atoms with Crippen LogP contribution >= 0.6 is 22.7 Å². The zero-order chi connectivity index (χ0) is 13.3. The Morgan fingerprint density at radius 2 is 2.17 bits per heavy atom. The standard InChI is InChI=1S/C11H13N3O2S2/c1-5-9(18-7(3)12-5)6(2)13-11-14-8(4-17-11)10(15)16/h4,6H,1-3H3,(H,13,14)(H,15,16). The molecular formula is C11H13N3O2S2. The molecule has 2 aromatic heterocycles. The van der Waals surface area contributed by atoms with Crippen molar-refractivity contribution in [3.05, 3.63) is 26.7 Å². The van der Waals surface area contributed by atoms with Crippen molar-refractivity contribution in [1.29, 1.82) is 0 Å². The molecule has 0 spiro atoms.